The van der Waals surface area contributed by atoms with Crippen LogP contribution in [-0.4, -0.2) is 23.8 Å². The summed E-state index contributed by atoms with van der Waals surface area (Å²) in [5.41, 5.74) is -4.89. The number of benzene rings is 2. The fourth-order valence-electron chi connectivity index (χ4n) is 3.21. The summed E-state index contributed by atoms with van der Waals surface area (Å²) in [6, 6.07) is 2.21. The maximum absolute atomic E-state index is 13.6. The molecular formula is C25H23F9N2O3. The van der Waals surface area contributed by atoms with Crippen LogP contribution in [0.5, 0.6) is 0 Å². The minimum atomic E-state index is -5.18. The number of hydrogen-bond acceptors (Lipinski definition) is 3. The molecule has 2 rings (SSSR count). The summed E-state index contributed by atoms with van der Waals surface area (Å²) in [4.78, 5) is 23.9. The Morgan fingerprint density at radius 3 is 2.08 bits per heavy atom. The molecule has 0 saturated heterocycles. The molecule has 214 valence electrons. The zero-order chi connectivity index (χ0) is 29.8. The van der Waals surface area contributed by atoms with E-state index < -0.39 is 65.4 Å². The molecule has 2 amide bonds. The number of hydrogen-bond donors (Lipinski definition) is 2. The van der Waals surface area contributed by atoms with E-state index in [0.717, 1.165) is 30.3 Å². The van der Waals surface area contributed by atoms with E-state index in [-0.39, 0.29) is 17.2 Å². The van der Waals surface area contributed by atoms with E-state index in [4.69, 9.17) is 4.74 Å². The second-order valence-electron chi connectivity index (χ2n) is 9.21. The van der Waals surface area contributed by atoms with Crippen molar-refractivity contribution in [2.75, 3.05) is 0 Å². The molecule has 0 heterocycles. The van der Waals surface area contributed by atoms with Gasteiger partial charge in [0.1, 0.15) is 5.60 Å². The van der Waals surface area contributed by atoms with Gasteiger partial charge in [-0.15, -0.1) is 0 Å². The molecule has 2 aromatic rings. The fraction of sp³-hybridized carbons (Fsp3) is 0.360. The monoisotopic (exact) mass is 570 g/mol. The van der Waals surface area contributed by atoms with Gasteiger partial charge in [-0.1, -0.05) is 24.3 Å². The quantitative estimate of drug-likeness (QED) is 0.286. The highest BCUT2D eigenvalue weighted by Gasteiger charge is 2.43. The van der Waals surface area contributed by atoms with Crippen LogP contribution in [0.4, 0.5) is 44.3 Å². The summed E-state index contributed by atoms with van der Waals surface area (Å²) in [7, 11) is 0. The minimum Gasteiger partial charge on any atom is -0.444 e. The highest BCUT2D eigenvalue weighted by molar-refractivity contribution is 5.92. The molecule has 14 heteroatoms. The van der Waals surface area contributed by atoms with Gasteiger partial charge in [0, 0.05) is 12.6 Å². The van der Waals surface area contributed by atoms with Gasteiger partial charge in [0.15, 0.2) is 6.04 Å². The van der Waals surface area contributed by atoms with Crippen molar-refractivity contribution < 1.29 is 53.8 Å². The normalized spacial score (nSPS) is 13.7. The Balaban J connectivity index is 2.24. The summed E-state index contributed by atoms with van der Waals surface area (Å²) < 4.78 is 125. The number of rotatable bonds is 6. The number of halogens is 9. The molecule has 0 spiro atoms. The van der Waals surface area contributed by atoms with E-state index in [0.29, 0.717) is 18.2 Å². The van der Waals surface area contributed by atoms with Crippen LogP contribution in [-0.2, 0) is 28.4 Å². The summed E-state index contributed by atoms with van der Waals surface area (Å²) in [5.74, 6) is -1.42. The highest BCUT2D eigenvalue weighted by Crippen LogP contribution is 2.36. The van der Waals surface area contributed by atoms with Crippen molar-refractivity contribution in [3.63, 3.8) is 0 Å². The molecule has 0 radical (unpaired) electrons. The van der Waals surface area contributed by atoms with Gasteiger partial charge >= 0.3 is 24.6 Å². The third kappa shape index (κ3) is 9.84. The lowest BCUT2D eigenvalue weighted by Gasteiger charge is -2.22. The predicted molar refractivity (Wildman–Crippen MR) is 122 cm³/mol. The van der Waals surface area contributed by atoms with Crippen LogP contribution in [0, 0.1) is 0 Å². The molecule has 2 aromatic carbocycles. The first-order valence-corrected chi connectivity index (χ1v) is 11.1. The number of alkyl halides is 9. The van der Waals surface area contributed by atoms with Crippen molar-refractivity contribution in [3.05, 3.63) is 76.4 Å². The van der Waals surface area contributed by atoms with E-state index in [2.05, 4.69) is 5.32 Å². The molecule has 0 aliphatic rings. The first-order valence-electron chi connectivity index (χ1n) is 11.1. The molecule has 5 nitrogen and oxygen atoms in total. The van der Waals surface area contributed by atoms with Crippen molar-refractivity contribution >= 4 is 18.1 Å². The Morgan fingerprint density at radius 1 is 0.897 bits per heavy atom. The number of carbonyl (C=O) groups is 2. The lowest BCUT2D eigenvalue weighted by Crippen LogP contribution is -2.37. The van der Waals surface area contributed by atoms with E-state index in [9.17, 15) is 49.1 Å². The van der Waals surface area contributed by atoms with Crippen molar-refractivity contribution in [2.24, 2.45) is 0 Å². The third-order valence-electron chi connectivity index (χ3n) is 4.85. The van der Waals surface area contributed by atoms with Gasteiger partial charge in [0.2, 0.25) is 5.91 Å². The van der Waals surface area contributed by atoms with Crippen LogP contribution >= 0.6 is 0 Å². The van der Waals surface area contributed by atoms with Crippen molar-refractivity contribution in [1.29, 1.82) is 0 Å². The Hall–Kier alpha value is -3.71. The molecule has 0 bridgehead atoms. The number of nitrogens with one attached hydrogen (secondary N) is 2. The summed E-state index contributed by atoms with van der Waals surface area (Å²) in [6.45, 7) is 4.11. The second kappa shape index (κ2) is 11.6. The predicted octanol–water partition coefficient (Wildman–Crippen LogP) is 7.18. The van der Waals surface area contributed by atoms with Gasteiger partial charge in [0.25, 0.3) is 0 Å². The summed E-state index contributed by atoms with van der Waals surface area (Å²) in [6.07, 6.45) is -14.6. The molecule has 1 unspecified atom stereocenters. The molecule has 0 aliphatic heterocycles. The zero-order valence-corrected chi connectivity index (χ0v) is 20.6. The maximum Gasteiger partial charge on any atom is 0.416 e. The average Bonchev–Trinajstić information content (AvgIpc) is 2.77. The van der Waals surface area contributed by atoms with Crippen LogP contribution in [0.3, 0.4) is 0 Å². The van der Waals surface area contributed by atoms with E-state index in [1.54, 1.807) is 20.8 Å². The number of alkyl carbamates (subject to hydrolysis) is 1. The van der Waals surface area contributed by atoms with Crippen LogP contribution in [0.1, 0.15) is 54.6 Å². The molecule has 1 atom stereocenters. The largest absolute Gasteiger partial charge is 0.444 e. The molecule has 2 N–H and O–H groups in total. The lowest BCUT2D eigenvalue weighted by molar-refractivity contribution is -0.162. The Labute approximate surface area is 217 Å². The molecule has 0 aromatic heterocycles. The van der Waals surface area contributed by atoms with Gasteiger partial charge in [0.05, 0.1) is 11.1 Å². The molecule has 39 heavy (non-hydrogen) atoms. The van der Waals surface area contributed by atoms with Crippen LogP contribution in [0.25, 0.3) is 6.08 Å². The Bertz CT molecular complexity index is 1210. The van der Waals surface area contributed by atoms with Crippen LogP contribution in [0.2, 0.25) is 0 Å². The standard InChI is InChI=1S/C25H23F9N2O3/c1-22(2,3)39-21(38)35-13-16-9-7-14(11-18(16)24(29,30)31)8-10-19(37)36-20(25(32,33)34)15-5-4-6-17(12-15)23(26,27)28/h4-12,20H,13H2,1-3H3,(H,35,38)(H,36,37)/b10-8+. The molecule has 0 aliphatic carbocycles. The topological polar surface area (TPSA) is 67.4 Å². The summed E-state index contributed by atoms with van der Waals surface area (Å²) in [5, 5.41) is 3.71. The zero-order valence-electron chi connectivity index (χ0n) is 20.6. The van der Waals surface area contributed by atoms with Crippen LogP contribution in [0.15, 0.2) is 48.5 Å². The smallest absolute Gasteiger partial charge is 0.416 e. The fourth-order valence-corrected chi connectivity index (χ4v) is 3.21. The van der Waals surface area contributed by atoms with Crippen LogP contribution < -0.4 is 10.6 Å². The number of ether oxygens (including phenoxy) is 1. The first kappa shape index (κ1) is 31.5. The molecular weight excluding hydrogens is 547 g/mol. The lowest BCUT2D eigenvalue weighted by atomic mass is 10.0. The van der Waals surface area contributed by atoms with Crippen molar-refractivity contribution in [2.45, 2.75) is 57.5 Å². The highest BCUT2D eigenvalue weighted by atomic mass is 19.4. The Morgan fingerprint density at radius 2 is 1.54 bits per heavy atom. The molecule has 0 fully saturated rings. The average molecular weight is 570 g/mol. The van der Waals surface area contributed by atoms with Crippen molar-refractivity contribution in [1.82, 2.24) is 10.6 Å². The first-order chi connectivity index (χ1) is 17.7. The maximum atomic E-state index is 13.6. The number of amides is 2. The second-order valence-corrected chi connectivity index (χ2v) is 9.21. The van der Waals surface area contributed by atoms with Gasteiger partial charge in [-0.3, -0.25) is 4.79 Å². The van der Waals surface area contributed by atoms with E-state index in [1.165, 1.54) is 5.32 Å². The van der Waals surface area contributed by atoms with Gasteiger partial charge in [-0.25, -0.2) is 4.79 Å². The van der Waals surface area contributed by atoms with Crippen molar-refractivity contribution in [3.8, 4) is 0 Å². The minimum absolute atomic E-state index is 0.221. The molecule has 0 saturated carbocycles. The van der Waals surface area contributed by atoms with Gasteiger partial charge < -0.3 is 15.4 Å². The number of carbonyl (C=O) groups excluding carboxylic acids is 2. The van der Waals surface area contributed by atoms with Gasteiger partial charge in [-0.05, 0) is 61.7 Å². The van der Waals surface area contributed by atoms with Gasteiger partial charge in [-0.2, -0.15) is 39.5 Å². The van der Waals surface area contributed by atoms with E-state index in [1.807, 2.05) is 0 Å². The SMILES string of the molecule is CC(C)(C)OC(=O)NCc1ccc(/C=C/C(=O)NC(c2cccc(C(F)(F)F)c2)C(F)(F)F)cc1C(F)(F)F. The van der Waals surface area contributed by atoms with E-state index >= 15 is 0 Å². The Kier molecular flexibility index (Phi) is 9.35. The summed E-state index contributed by atoms with van der Waals surface area (Å²) >= 11 is 0. The third-order valence-corrected chi connectivity index (χ3v) is 4.85.